The molecule has 0 unspecified atom stereocenters. The van der Waals surface area contributed by atoms with Crippen LogP contribution >= 0.6 is 15.9 Å². The number of hydrogen-bond acceptors (Lipinski definition) is 2. The number of H-pyrrole nitrogens is 1. The zero-order chi connectivity index (χ0) is 12.0. The van der Waals surface area contributed by atoms with E-state index in [1.807, 2.05) is 6.92 Å². The molecule has 4 nitrogen and oxygen atoms in total. The van der Waals surface area contributed by atoms with Gasteiger partial charge in [0.1, 0.15) is 0 Å². The van der Waals surface area contributed by atoms with Crippen molar-refractivity contribution >= 4 is 21.8 Å². The summed E-state index contributed by atoms with van der Waals surface area (Å²) >= 11 is 3.39. The van der Waals surface area contributed by atoms with Crippen LogP contribution < -0.4 is 5.32 Å². The van der Waals surface area contributed by atoms with Crippen molar-refractivity contribution in [2.24, 2.45) is 11.8 Å². The van der Waals surface area contributed by atoms with Crippen LogP contribution in [0.1, 0.15) is 41.9 Å². The van der Waals surface area contributed by atoms with Crippen LogP contribution in [0.3, 0.4) is 0 Å². The van der Waals surface area contributed by atoms with Gasteiger partial charge in [-0.2, -0.15) is 5.10 Å². The number of nitrogens with one attached hydrogen (secondary N) is 2. The van der Waals surface area contributed by atoms with Crippen LogP contribution in [-0.2, 0) is 0 Å². The van der Waals surface area contributed by atoms with Gasteiger partial charge in [0.2, 0.25) is 0 Å². The Morgan fingerprint density at radius 1 is 1.41 bits per heavy atom. The van der Waals surface area contributed by atoms with E-state index in [-0.39, 0.29) is 5.91 Å². The minimum absolute atomic E-state index is 0.0509. The average Bonchev–Trinajstić information content (AvgIpc) is 3.18. The van der Waals surface area contributed by atoms with E-state index in [0.29, 0.717) is 23.6 Å². The van der Waals surface area contributed by atoms with Crippen molar-refractivity contribution in [3.05, 3.63) is 15.9 Å². The fourth-order valence-electron chi connectivity index (χ4n) is 2.32. The maximum atomic E-state index is 12.1. The first-order valence-corrected chi connectivity index (χ1v) is 6.97. The molecule has 92 valence electrons. The van der Waals surface area contributed by atoms with Crippen molar-refractivity contribution in [3.63, 3.8) is 0 Å². The first-order valence-electron chi connectivity index (χ1n) is 6.18. The van der Waals surface area contributed by atoms with Crippen molar-refractivity contribution in [2.45, 2.75) is 38.6 Å². The molecule has 0 radical (unpaired) electrons. The predicted octanol–water partition coefficient (Wildman–Crippen LogP) is 2.40. The summed E-state index contributed by atoms with van der Waals surface area (Å²) in [6, 6.07) is 0.381. The fourth-order valence-corrected chi connectivity index (χ4v) is 2.67. The van der Waals surface area contributed by atoms with Crippen LogP contribution in [0.4, 0.5) is 0 Å². The molecule has 2 saturated carbocycles. The van der Waals surface area contributed by atoms with Crippen molar-refractivity contribution < 1.29 is 4.79 Å². The van der Waals surface area contributed by atoms with Crippen LogP contribution in [0.15, 0.2) is 4.47 Å². The highest BCUT2D eigenvalue weighted by Crippen LogP contribution is 2.44. The Labute approximate surface area is 109 Å². The minimum Gasteiger partial charge on any atom is -0.347 e. The lowest BCUT2D eigenvalue weighted by molar-refractivity contribution is 0.0920. The number of aromatic nitrogens is 2. The maximum Gasteiger partial charge on any atom is 0.273 e. The van der Waals surface area contributed by atoms with E-state index >= 15 is 0 Å². The molecule has 2 aliphatic carbocycles. The molecule has 2 aliphatic rings. The SMILES string of the molecule is Cc1[nH]nc(C(=O)NC(C2CC2)C2CC2)c1Br. The number of carbonyl (C=O) groups is 1. The Morgan fingerprint density at radius 2 is 2.00 bits per heavy atom. The van der Waals surface area contributed by atoms with E-state index in [2.05, 4.69) is 31.4 Å². The van der Waals surface area contributed by atoms with Gasteiger partial charge in [0.25, 0.3) is 5.91 Å². The molecule has 2 N–H and O–H groups in total. The van der Waals surface area contributed by atoms with Crippen LogP contribution in [-0.4, -0.2) is 22.1 Å². The molecule has 1 amide bonds. The van der Waals surface area contributed by atoms with Gasteiger partial charge in [-0.25, -0.2) is 0 Å². The minimum atomic E-state index is -0.0509. The van der Waals surface area contributed by atoms with E-state index in [0.717, 1.165) is 10.2 Å². The lowest BCUT2D eigenvalue weighted by Gasteiger charge is -2.16. The number of hydrogen-bond donors (Lipinski definition) is 2. The summed E-state index contributed by atoms with van der Waals surface area (Å²) in [6.07, 6.45) is 5.06. The molecule has 0 atom stereocenters. The molecule has 5 heteroatoms. The molecule has 0 spiro atoms. The van der Waals surface area contributed by atoms with Gasteiger partial charge in [-0.05, 0) is 60.4 Å². The molecule has 0 saturated heterocycles. The van der Waals surface area contributed by atoms with E-state index in [4.69, 9.17) is 0 Å². The number of aryl methyl sites for hydroxylation is 1. The number of nitrogens with zero attached hydrogens (tertiary/aromatic N) is 1. The Hall–Kier alpha value is -0.840. The van der Waals surface area contributed by atoms with E-state index < -0.39 is 0 Å². The lowest BCUT2D eigenvalue weighted by Crippen LogP contribution is -2.38. The van der Waals surface area contributed by atoms with E-state index in [9.17, 15) is 4.79 Å². The van der Waals surface area contributed by atoms with Gasteiger partial charge in [-0.15, -0.1) is 0 Å². The van der Waals surface area contributed by atoms with Gasteiger partial charge < -0.3 is 5.32 Å². The normalized spacial score (nSPS) is 19.7. The maximum absolute atomic E-state index is 12.1. The number of rotatable bonds is 4. The molecule has 0 aromatic carbocycles. The predicted molar refractivity (Wildman–Crippen MR) is 67.7 cm³/mol. The summed E-state index contributed by atoms with van der Waals surface area (Å²) in [7, 11) is 0. The van der Waals surface area contributed by atoms with Crippen LogP contribution in [0, 0.1) is 18.8 Å². The first-order chi connectivity index (χ1) is 8.16. The highest BCUT2D eigenvalue weighted by Gasteiger charge is 2.42. The van der Waals surface area contributed by atoms with E-state index in [1.165, 1.54) is 25.7 Å². The molecular weight excluding hydrogens is 282 g/mol. The third kappa shape index (κ3) is 2.25. The molecular formula is C12H16BrN3O. The number of carbonyl (C=O) groups excluding carboxylic acids is 1. The van der Waals surface area contributed by atoms with Gasteiger partial charge in [-0.3, -0.25) is 9.89 Å². The highest BCUT2D eigenvalue weighted by atomic mass is 79.9. The van der Waals surface area contributed by atoms with Crippen molar-refractivity contribution in [3.8, 4) is 0 Å². The number of amides is 1. The molecule has 0 aliphatic heterocycles. The van der Waals surface area contributed by atoms with Gasteiger partial charge in [0.15, 0.2) is 5.69 Å². The molecule has 1 aromatic heterocycles. The van der Waals surface area contributed by atoms with Gasteiger partial charge >= 0.3 is 0 Å². The van der Waals surface area contributed by atoms with Crippen molar-refractivity contribution in [1.29, 1.82) is 0 Å². The third-order valence-electron chi connectivity index (χ3n) is 3.65. The molecule has 1 heterocycles. The van der Waals surface area contributed by atoms with Gasteiger partial charge in [0.05, 0.1) is 4.47 Å². The summed E-state index contributed by atoms with van der Waals surface area (Å²) in [5, 5.41) is 10.0. The lowest BCUT2D eigenvalue weighted by atomic mass is 10.1. The summed E-state index contributed by atoms with van der Waals surface area (Å²) < 4.78 is 0.778. The second-order valence-corrected chi connectivity index (χ2v) is 5.98. The third-order valence-corrected chi connectivity index (χ3v) is 4.62. The summed E-state index contributed by atoms with van der Waals surface area (Å²) in [4.78, 5) is 12.1. The Morgan fingerprint density at radius 3 is 2.41 bits per heavy atom. The van der Waals surface area contributed by atoms with Crippen molar-refractivity contribution in [2.75, 3.05) is 0 Å². The van der Waals surface area contributed by atoms with Crippen LogP contribution in [0.25, 0.3) is 0 Å². The zero-order valence-corrected chi connectivity index (χ0v) is 11.4. The molecule has 2 fully saturated rings. The number of aromatic amines is 1. The standard InChI is InChI=1S/C12H16BrN3O/c1-6-9(13)11(16-15-6)12(17)14-10(7-2-3-7)8-4-5-8/h7-8,10H,2-5H2,1H3,(H,14,17)(H,15,16). The number of halogens is 1. The van der Waals surface area contributed by atoms with Crippen molar-refractivity contribution in [1.82, 2.24) is 15.5 Å². The van der Waals surface area contributed by atoms with Gasteiger partial charge in [0, 0.05) is 11.7 Å². The Bertz CT molecular complexity index is 437. The summed E-state index contributed by atoms with van der Waals surface area (Å²) in [5.41, 5.74) is 1.37. The highest BCUT2D eigenvalue weighted by molar-refractivity contribution is 9.10. The first kappa shape index (κ1) is 11.3. The van der Waals surface area contributed by atoms with Gasteiger partial charge in [-0.1, -0.05) is 0 Å². The molecule has 1 aromatic rings. The fraction of sp³-hybridized carbons (Fsp3) is 0.667. The van der Waals surface area contributed by atoms with E-state index in [1.54, 1.807) is 0 Å². The Balaban J connectivity index is 1.71. The smallest absolute Gasteiger partial charge is 0.273 e. The second-order valence-electron chi connectivity index (χ2n) is 5.19. The monoisotopic (exact) mass is 297 g/mol. The summed E-state index contributed by atoms with van der Waals surface area (Å²) in [6.45, 7) is 1.90. The molecule has 3 rings (SSSR count). The van der Waals surface area contributed by atoms with Crippen LogP contribution in [0.5, 0.6) is 0 Å². The Kier molecular flexibility index (Phi) is 2.73. The quantitative estimate of drug-likeness (QED) is 0.896. The largest absolute Gasteiger partial charge is 0.347 e. The topological polar surface area (TPSA) is 57.8 Å². The molecule has 17 heavy (non-hydrogen) atoms. The van der Waals surface area contributed by atoms with Crippen LogP contribution in [0.2, 0.25) is 0 Å². The average molecular weight is 298 g/mol. The zero-order valence-electron chi connectivity index (χ0n) is 9.79. The molecule has 0 bridgehead atoms. The summed E-state index contributed by atoms with van der Waals surface area (Å²) in [5.74, 6) is 1.38. The second kappa shape index (κ2) is 4.12.